The summed E-state index contributed by atoms with van der Waals surface area (Å²) < 4.78 is 1.01. The van der Waals surface area contributed by atoms with Gasteiger partial charge in [0, 0.05) is 46.5 Å². The van der Waals surface area contributed by atoms with E-state index in [1.54, 1.807) is 0 Å². The van der Waals surface area contributed by atoms with Gasteiger partial charge >= 0.3 is 0 Å². The third-order valence-corrected chi connectivity index (χ3v) is 5.59. The number of nitrogens with one attached hydrogen (secondary N) is 1. The van der Waals surface area contributed by atoms with Crippen LogP contribution in [0.15, 0.2) is 46.9 Å². The summed E-state index contributed by atoms with van der Waals surface area (Å²) in [7, 11) is 0. The Kier molecular flexibility index (Phi) is 5.78. The molecule has 7 heteroatoms. The molecule has 1 N–H and O–H groups in total. The highest BCUT2D eigenvalue weighted by Gasteiger charge is 2.19. The predicted molar refractivity (Wildman–Crippen MR) is 117 cm³/mol. The van der Waals surface area contributed by atoms with Crippen molar-refractivity contribution in [2.45, 2.75) is 19.3 Å². The molecule has 28 heavy (non-hydrogen) atoms. The van der Waals surface area contributed by atoms with Gasteiger partial charge in [0.05, 0.1) is 5.52 Å². The highest BCUT2D eigenvalue weighted by molar-refractivity contribution is 9.10. The van der Waals surface area contributed by atoms with E-state index in [1.807, 2.05) is 47.4 Å². The van der Waals surface area contributed by atoms with Gasteiger partial charge in [-0.2, -0.15) is 0 Å². The van der Waals surface area contributed by atoms with Gasteiger partial charge in [-0.15, -0.1) is 0 Å². The van der Waals surface area contributed by atoms with Gasteiger partial charge in [0.1, 0.15) is 5.82 Å². The molecule has 0 unspecified atom stereocenters. The number of benzene rings is 2. The molecule has 0 radical (unpaired) electrons. The molecule has 1 aliphatic rings. The summed E-state index contributed by atoms with van der Waals surface area (Å²) in [6.45, 7) is 2.37. The van der Waals surface area contributed by atoms with Gasteiger partial charge in [-0.3, -0.25) is 4.79 Å². The number of amides is 1. The highest BCUT2D eigenvalue weighted by atomic mass is 79.9. The van der Waals surface area contributed by atoms with E-state index in [2.05, 4.69) is 21.2 Å². The molecule has 2 aromatic carbocycles. The summed E-state index contributed by atoms with van der Waals surface area (Å²) in [4.78, 5) is 23.1. The van der Waals surface area contributed by atoms with Crippen LogP contribution in [0.3, 0.4) is 0 Å². The number of nitrogens with zero attached hydrogens (tertiary/aromatic N) is 3. The van der Waals surface area contributed by atoms with Crippen molar-refractivity contribution in [3.05, 3.63) is 52.0 Å². The fourth-order valence-electron chi connectivity index (χ4n) is 3.38. The molecule has 0 aliphatic carbocycles. The molecular weight excluding hydrogens is 440 g/mol. The van der Waals surface area contributed by atoms with Crippen molar-refractivity contribution in [1.82, 2.24) is 14.9 Å². The summed E-state index contributed by atoms with van der Waals surface area (Å²) in [6.07, 6.45) is 2.52. The molecule has 1 aliphatic heterocycles. The molecule has 5 nitrogen and oxygen atoms in total. The fraction of sp³-hybridized carbons (Fsp3) is 0.286. The number of hydrogen-bond donors (Lipinski definition) is 1. The van der Waals surface area contributed by atoms with Crippen molar-refractivity contribution in [1.29, 1.82) is 0 Å². The standard InChI is InChI=1S/C21H20BrClN4O/c22-15-6-4-14(5-7-15)20-25-18-9-8-16(23)13-17(18)21(26-20)24-10-2-12-27-11-1-3-19(27)28/h4-9,13H,1-3,10-12H2,(H,24,25,26). The lowest BCUT2D eigenvalue weighted by Gasteiger charge is -2.16. The first-order chi connectivity index (χ1) is 13.6. The normalized spacial score (nSPS) is 14.1. The molecule has 0 spiro atoms. The van der Waals surface area contributed by atoms with Crippen LogP contribution < -0.4 is 5.32 Å². The topological polar surface area (TPSA) is 58.1 Å². The van der Waals surface area contributed by atoms with Crippen molar-refractivity contribution in [2.24, 2.45) is 0 Å². The summed E-state index contributed by atoms with van der Waals surface area (Å²) in [6, 6.07) is 13.6. The Bertz CT molecular complexity index is 1010. The third kappa shape index (κ3) is 4.28. The zero-order valence-corrected chi connectivity index (χ0v) is 17.6. The van der Waals surface area contributed by atoms with Crippen LogP contribution in [-0.4, -0.2) is 40.4 Å². The van der Waals surface area contributed by atoms with E-state index in [-0.39, 0.29) is 5.91 Å². The van der Waals surface area contributed by atoms with E-state index >= 15 is 0 Å². The number of anilines is 1. The van der Waals surface area contributed by atoms with Crippen molar-refractivity contribution < 1.29 is 4.79 Å². The lowest BCUT2D eigenvalue weighted by Crippen LogP contribution is -2.27. The van der Waals surface area contributed by atoms with Crippen molar-refractivity contribution in [3.8, 4) is 11.4 Å². The summed E-state index contributed by atoms with van der Waals surface area (Å²) >= 11 is 9.65. The van der Waals surface area contributed by atoms with E-state index in [0.717, 1.165) is 59.2 Å². The van der Waals surface area contributed by atoms with E-state index in [9.17, 15) is 4.79 Å². The molecule has 0 saturated carbocycles. The van der Waals surface area contributed by atoms with E-state index in [0.29, 0.717) is 17.3 Å². The number of carbonyl (C=O) groups is 1. The monoisotopic (exact) mass is 458 g/mol. The van der Waals surface area contributed by atoms with Gasteiger partial charge in [-0.1, -0.05) is 39.7 Å². The van der Waals surface area contributed by atoms with Gasteiger partial charge in [0.15, 0.2) is 5.82 Å². The minimum atomic E-state index is 0.261. The Balaban J connectivity index is 1.56. The van der Waals surface area contributed by atoms with Crippen molar-refractivity contribution in [2.75, 3.05) is 25.0 Å². The smallest absolute Gasteiger partial charge is 0.222 e. The zero-order valence-electron chi connectivity index (χ0n) is 15.3. The molecular formula is C21H20BrClN4O. The Hall–Kier alpha value is -2.18. The summed E-state index contributed by atoms with van der Waals surface area (Å²) in [5.74, 6) is 1.69. The van der Waals surface area contributed by atoms with Gasteiger partial charge in [-0.05, 0) is 43.2 Å². The second-order valence-corrected chi connectivity index (χ2v) is 8.18. The zero-order chi connectivity index (χ0) is 19.5. The summed E-state index contributed by atoms with van der Waals surface area (Å²) in [5.41, 5.74) is 1.79. The SMILES string of the molecule is O=C1CCCN1CCCNc1nc(-c2ccc(Br)cc2)nc2ccc(Cl)cc12. The molecule has 2 heterocycles. The molecule has 1 amide bonds. The largest absolute Gasteiger partial charge is 0.369 e. The number of aromatic nitrogens is 2. The van der Waals surface area contributed by atoms with Gasteiger partial charge in [0.25, 0.3) is 0 Å². The maximum absolute atomic E-state index is 11.7. The average Bonchev–Trinajstić information content (AvgIpc) is 3.10. The Morgan fingerprint density at radius 2 is 1.96 bits per heavy atom. The van der Waals surface area contributed by atoms with Crippen molar-refractivity contribution >= 4 is 50.2 Å². The van der Waals surface area contributed by atoms with Gasteiger partial charge < -0.3 is 10.2 Å². The molecule has 1 fully saturated rings. The van der Waals surface area contributed by atoms with Crippen molar-refractivity contribution in [3.63, 3.8) is 0 Å². The van der Waals surface area contributed by atoms with Crippen LogP contribution in [0.1, 0.15) is 19.3 Å². The van der Waals surface area contributed by atoms with Crippen LogP contribution in [0, 0.1) is 0 Å². The number of fused-ring (bicyclic) bond motifs is 1. The van der Waals surface area contributed by atoms with Crippen LogP contribution in [0.5, 0.6) is 0 Å². The second-order valence-electron chi connectivity index (χ2n) is 6.83. The lowest BCUT2D eigenvalue weighted by atomic mass is 10.2. The van der Waals surface area contributed by atoms with Crippen LogP contribution in [0.25, 0.3) is 22.3 Å². The number of likely N-dealkylation sites (tertiary alicyclic amines) is 1. The van der Waals surface area contributed by atoms with Crippen LogP contribution in [-0.2, 0) is 4.79 Å². The Labute approximate surface area is 177 Å². The minimum Gasteiger partial charge on any atom is -0.369 e. The Morgan fingerprint density at radius 3 is 2.71 bits per heavy atom. The van der Waals surface area contributed by atoms with Crippen LogP contribution >= 0.6 is 27.5 Å². The molecule has 1 aromatic heterocycles. The summed E-state index contributed by atoms with van der Waals surface area (Å²) in [5, 5.41) is 4.96. The molecule has 0 bridgehead atoms. The first kappa shape index (κ1) is 19.2. The molecule has 1 saturated heterocycles. The lowest BCUT2D eigenvalue weighted by molar-refractivity contribution is -0.127. The predicted octanol–water partition coefficient (Wildman–Crippen LogP) is 5.14. The number of hydrogen-bond acceptors (Lipinski definition) is 4. The second kappa shape index (κ2) is 8.45. The fourth-order valence-corrected chi connectivity index (χ4v) is 3.82. The number of carbonyl (C=O) groups excluding carboxylic acids is 1. The Morgan fingerprint density at radius 1 is 1.14 bits per heavy atom. The maximum atomic E-state index is 11.7. The molecule has 3 aromatic rings. The minimum absolute atomic E-state index is 0.261. The van der Waals surface area contributed by atoms with E-state index < -0.39 is 0 Å². The number of rotatable bonds is 6. The molecule has 4 rings (SSSR count). The van der Waals surface area contributed by atoms with Gasteiger partial charge in [-0.25, -0.2) is 9.97 Å². The highest BCUT2D eigenvalue weighted by Crippen LogP contribution is 2.28. The maximum Gasteiger partial charge on any atom is 0.222 e. The molecule has 0 atom stereocenters. The average molecular weight is 460 g/mol. The first-order valence-electron chi connectivity index (χ1n) is 9.35. The quantitative estimate of drug-likeness (QED) is 0.519. The number of halogens is 2. The first-order valence-corrected chi connectivity index (χ1v) is 10.5. The van der Waals surface area contributed by atoms with E-state index in [4.69, 9.17) is 21.6 Å². The van der Waals surface area contributed by atoms with E-state index in [1.165, 1.54) is 0 Å². The third-order valence-electron chi connectivity index (χ3n) is 4.83. The van der Waals surface area contributed by atoms with Gasteiger partial charge in [0.2, 0.25) is 5.91 Å². The van der Waals surface area contributed by atoms with Crippen LogP contribution in [0.2, 0.25) is 5.02 Å². The van der Waals surface area contributed by atoms with Crippen LogP contribution in [0.4, 0.5) is 5.82 Å². The molecule has 144 valence electrons.